The van der Waals surface area contributed by atoms with Crippen LogP contribution >= 0.6 is 11.3 Å². The molecule has 1 heterocycles. The quantitative estimate of drug-likeness (QED) is 0.583. The van der Waals surface area contributed by atoms with Crippen molar-refractivity contribution in [2.24, 2.45) is 5.10 Å². The maximum atomic E-state index is 12.2. The Balaban J connectivity index is 1.61. The summed E-state index contributed by atoms with van der Waals surface area (Å²) in [6.45, 7) is 1.92. The van der Waals surface area contributed by atoms with Gasteiger partial charge < -0.3 is 0 Å². The van der Waals surface area contributed by atoms with Crippen molar-refractivity contribution in [2.45, 2.75) is 13.3 Å². The fourth-order valence-corrected chi connectivity index (χ4v) is 3.66. The first-order chi connectivity index (χ1) is 11.7. The lowest BCUT2D eigenvalue weighted by Gasteiger charge is -2.03. The Hall–Kier alpha value is -2.79. The van der Waals surface area contributed by atoms with Crippen LogP contribution in [0.25, 0.3) is 11.1 Å². The summed E-state index contributed by atoms with van der Waals surface area (Å²) in [5, 5.41) is 7.15. The summed E-state index contributed by atoms with van der Waals surface area (Å²) in [7, 11) is 0. The molecule has 0 saturated carbocycles. The highest BCUT2D eigenvalue weighted by Gasteiger charge is 2.24. The van der Waals surface area contributed by atoms with Crippen molar-refractivity contribution in [2.75, 3.05) is 0 Å². The Labute approximate surface area is 143 Å². The maximum absolute atomic E-state index is 12.2. The molecule has 0 radical (unpaired) electrons. The number of fused-ring (bicyclic) bond motifs is 3. The van der Waals surface area contributed by atoms with Crippen LogP contribution in [0.5, 0.6) is 0 Å². The van der Waals surface area contributed by atoms with Crippen LogP contribution in [-0.4, -0.2) is 16.6 Å². The highest BCUT2D eigenvalue weighted by molar-refractivity contribution is 7.09. The second-order valence-electron chi connectivity index (χ2n) is 5.65. The van der Waals surface area contributed by atoms with Gasteiger partial charge in [-0.3, -0.25) is 4.79 Å². The van der Waals surface area contributed by atoms with E-state index in [0.717, 1.165) is 38.7 Å². The summed E-state index contributed by atoms with van der Waals surface area (Å²) >= 11 is 1.49. The molecule has 1 N–H and O–H groups in total. The molecule has 3 aromatic rings. The molecule has 2 aromatic carbocycles. The van der Waals surface area contributed by atoms with Crippen molar-refractivity contribution in [3.05, 3.63) is 75.7 Å². The topological polar surface area (TPSA) is 54.4 Å². The van der Waals surface area contributed by atoms with Gasteiger partial charge in [-0.15, -0.1) is 11.3 Å². The smallest absolute Gasteiger partial charge is 0.246 e. The van der Waals surface area contributed by atoms with Gasteiger partial charge in [0.1, 0.15) is 5.01 Å². The van der Waals surface area contributed by atoms with E-state index >= 15 is 0 Å². The zero-order chi connectivity index (χ0) is 16.5. The van der Waals surface area contributed by atoms with Crippen molar-refractivity contribution in [1.29, 1.82) is 0 Å². The molecule has 0 saturated heterocycles. The van der Waals surface area contributed by atoms with Crippen molar-refractivity contribution in [1.82, 2.24) is 10.4 Å². The number of aryl methyl sites for hydroxylation is 1. The van der Waals surface area contributed by atoms with Crippen LogP contribution in [0.3, 0.4) is 0 Å². The van der Waals surface area contributed by atoms with E-state index in [4.69, 9.17) is 0 Å². The maximum Gasteiger partial charge on any atom is 0.246 e. The van der Waals surface area contributed by atoms with Gasteiger partial charge in [0.15, 0.2) is 0 Å². The Morgan fingerprint density at radius 1 is 1.04 bits per heavy atom. The van der Waals surface area contributed by atoms with Gasteiger partial charge in [-0.25, -0.2) is 10.4 Å². The third kappa shape index (κ3) is 2.63. The van der Waals surface area contributed by atoms with Crippen LogP contribution in [0, 0.1) is 6.92 Å². The lowest BCUT2D eigenvalue weighted by Crippen LogP contribution is -2.21. The van der Waals surface area contributed by atoms with Crippen molar-refractivity contribution in [3.8, 4) is 11.1 Å². The summed E-state index contributed by atoms with van der Waals surface area (Å²) in [5.41, 5.74) is 8.82. The van der Waals surface area contributed by atoms with Crippen LogP contribution < -0.4 is 5.43 Å². The number of rotatable bonds is 3. The molecule has 0 spiro atoms. The van der Waals surface area contributed by atoms with Gasteiger partial charge in [0.2, 0.25) is 5.91 Å². The van der Waals surface area contributed by atoms with Crippen LogP contribution in [0.4, 0.5) is 0 Å². The zero-order valence-corrected chi connectivity index (χ0v) is 13.9. The Kier molecular flexibility index (Phi) is 3.70. The predicted octanol–water partition coefficient (Wildman–Crippen LogP) is 3.54. The molecule has 24 heavy (non-hydrogen) atoms. The number of hydrazone groups is 1. The number of nitrogens with zero attached hydrogens (tertiary/aromatic N) is 2. The molecule has 0 atom stereocenters. The van der Waals surface area contributed by atoms with Gasteiger partial charge in [0.25, 0.3) is 0 Å². The fourth-order valence-electron chi connectivity index (χ4n) is 2.89. The molecular weight excluding hydrogens is 318 g/mol. The van der Waals surface area contributed by atoms with Gasteiger partial charge >= 0.3 is 0 Å². The molecule has 4 rings (SSSR count). The second-order valence-corrected chi connectivity index (χ2v) is 6.59. The molecule has 1 amide bonds. The number of benzene rings is 2. The van der Waals surface area contributed by atoms with E-state index in [9.17, 15) is 4.79 Å². The van der Waals surface area contributed by atoms with Gasteiger partial charge in [0, 0.05) is 22.2 Å². The molecule has 1 aliphatic carbocycles. The van der Waals surface area contributed by atoms with E-state index in [2.05, 4.69) is 27.6 Å². The fraction of sp³-hybridized carbons (Fsp3) is 0.105. The lowest BCUT2D eigenvalue weighted by molar-refractivity contribution is -0.120. The number of thiazole rings is 1. The number of hydrogen-bond donors (Lipinski definition) is 1. The van der Waals surface area contributed by atoms with Gasteiger partial charge in [-0.2, -0.15) is 5.10 Å². The predicted molar refractivity (Wildman–Crippen MR) is 96.2 cm³/mol. The molecule has 0 fully saturated rings. The number of aromatic nitrogens is 1. The van der Waals surface area contributed by atoms with Crippen LogP contribution in [-0.2, 0) is 11.2 Å². The van der Waals surface area contributed by atoms with Crippen LogP contribution in [0.2, 0.25) is 0 Å². The summed E-state index contributed by atoms with van der Waals surface area (Å²) < 4.78 is 0. The van der Waals surface area contributed by atoms with Crippen molar-refractivity contribution in [3.63, 3.8) is 0 Å². The average molecular weight is 333 g/mol. The number of carbonyl (C=O) groups excluding carboxylic acids is 1. The second kappa shape index (κ2) is 6.02. The minimum absolute atomic E-state index is 0.154. The molecule has 5 heteroatoms. The molecule has 0 unspecified atom stereocenters. The minimum atomic E-state index is -0.154. The molecule has 1 aromatic heterocycles. The van der Waals surface area contributed by atoms with E-state index in [0.29, 0.717) is 0 Å². The van der Waals surface area contributed by atoms with Crippen molar-refractivity contribution < 1.29 is 4.79 Å². The van der Waals surface area contributed by atoms with Crippen molar-refractivity contribution >= 4 is 23.0 Å². The zero-order valence-electron chi connectivity index (χ0n) is 13.1. The largest absolute Gasteiger partial charge is 0.273 e. The molecule has 1 aliphatic rings. The summed E-state index contributed by atoms with van der Waals surface area (Å²) in [6.07, 6.45) is 0.249. The number of hydrogen-bond acceptors (Lipinski definition) is 4. The van der Waals surface area contributed by atoms with E-state index in [-0.39, 0.29) is 12.3 Å². The van der Waals surface area contributed by atoms with Gasteiger partial charge in [-0.05, 0) is 18.1 Å². The van der Waals surface area contributed by atoms with Crippen LogP contribution in [0.15, 0.2) is 59.0 Å². The first kappa shape index (κ1) is 14.8. The molecular formula is C19H15N3OS. The molecule has 4 nitrogen and oxygen atoms in total. The summed E-state index contributed by atoms with van der Waals surface area (Å²) in [5.74, 6) is -0.154. The Morgan fingerprint density at radius 3 is 2.17 bits per heavy atom. The monoisotopic (exact) mass is 333 g/mol. The third-order valence-electron chi connectivity index (χ3n) is 3.93. The molecule has 118 valence electrons. The molecule has 0 bridgehead atoms. The average Bonchev–Trinajstić information content (AvgIpc) is 3.14. The number of carbonyl (C=O) groups is 1. The Bertz CT molecular complexity index is 911. The number of amides is 1. The lowest BCUT2D eigenvalue weighted by atomic mass is 10.1. The highest BCUT2D eigenvalue weighted by Crippen LogP contribution is 2.36. The first-order valence-corrected chi connectivity index (χ1v) is 8.57. The summed E-state index contributed by atoms with van der Waals surface area (Å²) in [4.78, 5) is 16.5. The third-order valence-corrected chi connectivity index (χ3v) is 4.89. The van der Waals surface area contributed by atoms with Gasteiger partial charge in [0.05, 0.1) is 12.1 Å². The van der Waals surface area contributed by atoms with E-state index in [1.807, 2.05) is 48.7 Å². The minimum Gasteiger partial charge on any atom is -0.273 e. The van der Waals surface area contributed by atoms with Crippen LogP contribution in [0.1, 0.15) is 21.8 Å². The summed E-state index contributed by atoms with van der Waals surface area (Å²) in [6, 6.07) is 16.2. The standard InChI is InChI=1S/C19H15N3OS/c1-12-11-24-18(20-12)10-17(23)21-22-19-15-8-4-2-6-13(15)14-7-3-5-9-16(14)19/h2-9,11H,10H2,1H3,(H,21,23). The van der Waals surface area contributed by atoms with Gasteiger partial charge in [-0.1, -0.05) is 48.5 Å². The Morgan fingerprint density at radius 2 is 1.62 bits per heavy atom. The normalized spacial score (nSPS) is 11.8. The number of nitrogens with one attached hydrogen (secondary N) is 1. The van der Waals surface area contributed by atoms with E-state index in [1.54, 1.807) is 0 Å². The molecule has 0 aliphatic heterocycles. The van der Waals surface area contributed by atoms with E-state index in [1.165, 1.54) is 11.3 Å². The highest BCUT2D eigenvalue weighted by atomic mass is 32.1. The first-order valence-electron chi connectivity index (χ1n) is 7.69. The van der Waals surface area contributed by atoms with E-state index < -0.39 is 0 Å². The SMILES string of the molecule is Cc1csc(CC(=O)NN=C2c3ccccc3-c3ccccc32)n1.